The zero-order valence-electron chi connectivity index (χ0n) is 14.4. The van der Waals surface area contributed by atoms with Gasteiger partial charge in [-0.25, -0.2) is 4.98 Å². The molecule has 2 N–H and O–H groups in total. The predicted molar refractivity (Wildman–Crippen MR) is 97.4 cm³/mol. The molecule has 0 amide bonds. The third-order valence-electron chi connectivity index (χ3n) is 3.23. The Labute approximate surface area is 148 Å². The molecule has 0 saturated carbocycles. The Kier molecular flexibility index (Phi) is 6.43. The lowest BCUT2D eigenvalue weighted by molar-refractivity contribution is 0.331. The second kappa shape index (κ2) is 8.54. The third kappa shape index (κ3) is 5.80. The van der Waals surface area contributed by atoms with Crippen molar-refractivity contribution in [2.75, 3.05) is 44.4 Å². The Morgan fingerprint density at radius 2 is 1.76 bits per heavy atom. The molecular formula is C16H22N4O4S. The highest BCUT2D eigenvalue weighted by Crippen LogP contribution is 2.17. The van der Waals surface area contributed by atoms with Crippen molar-refractivity contribution in [3.8, 4) is 11.5 Å². The van der Waals surface area contributed by atoms with Crippen molar-refractivity contribution in [1.82, 2.24) is 9.29 Å². The van der Waals surface area contributed by atoms with Gasteiger partial charge in [0.05, 0.1) is 25.5 Å². The largest absolute Gasteiger partial charge is 0.497 e. The van der Waals surface area contributed by atoms with E-state index in [1.165, 1.54) is 20.3 Å². The average molecular weight is 366 g/mol. The summed E-state index contributed by atoms with van der Waals surface area (Å²) in [6.45, 7) is 1.02. The van der Waals surface area contributed by atoms with Crippen molar-refractivity contribution < 1.29 is 17.9 Å². The van der Waals surface area contributed by atoms with E-state index in [2.05, 4.69) is 15.0 Å². The van der Waals surface area contributed by atoms with Crippen LogP contribution in [0.2, 0.25) is 0 Å². The van der Waals surface area contributed by atoms with Gasteiger partial charge in [0.1, 0.15) is 23.9 Å². The summed E-state index contributed by atoms with van der Waals surface area (Å²) in [4.78, 5) is 4.16. The Bertz CT molecular complexity index is 762. The van der Waals surface area contributed by atoms with Crippen LogP contribution >= 0.6 is 0 Å². The maximum atomic E-state index is 11.7. The van der Waals surface area contributed by atoms with Crippen LogP contribution in [0.1, 0.15) is 0 Å². The van der Waals surface area contributed by atoms with E-state index in [9.17, 15) is 8.42 Å². The van der Waals surface area contributed by atoms with E-state index in [0.29, 0.717) is 24.7 Å². The molecule has 0 aliphatic rings. The Morgan fingerprint density at radius 3 is 2.32 bits per heavy atom. The zero-order valence-corrected chi connectivity index (χ0v) is 15.2. The van der Waals surface area contributed by atoms with E-state index in [0.717, 1.165) is 15.8 Å². The molecule has 0 spiro atoms. The summed E-state index contributed by atoms with van der Waals surface area (Å²) in [6.07, 6.45) is 1.45. The zero-order chi connectivity index (χ0) is 18.3. The molecule has 0 bridgehead atoms. The lowest BCUT2D eigenvalue weighted by atomic mass is 10.3. The molecule has 9 heteroatoms. The summed E-state index contributed by atoms with van der Waals surface area (Å²) in [5, 5.41) is 3.10. The highest BCUT2D eigenvalue weighted by atomic mass is 32.2. The molecule has 1 heterocycles. The lowest BCUT2D eigenvalue weighted by Gasteiger charge is -2.13. The van der Waals surface area contributed by atoms with Crippen LogP contribution < -0.4 is 19.5 Å². The van der Waals surface area contributed by atoms with Gasteiger partial charge in [-0.1, -0.05) is 0 Å². The van der Waals surface area contributed by atoms with Gasteiger partial charge in [-0.2, -0.15) is 12.7 Å². The van der Waals surface area contributed by atoms with Gasteiger partial charge in [0.15, 0.2) is 0 Å². The molecule has 2 rings (SSSR count). The summed E-state index contributed by atoms with van der Waals surface area (Å²) < 4.78 is 37.6. The highest BCUT2D eigenvalue weighted by molar-refractivity contribution is 7.90. The number of hydrogen-bond acceptors (Lipinski definition) is 6. The number of hydrogen-bond donors (Lipinski definition) is 2. The average Bonchev–Trinajstić information content (AvgIpc) is 2.60. The molecule has 0 aliphatic carbocycles. The molecule has 0 aliphatic heterocycles. The molecule has 0 fully saturated rings. The second-order valence-corrected chi connectivity index (χ2v) is 7.16. The van der Waals surface area contributed by atoms with E-state index in [4.69, 9.17) is 9.47 Å². The van der Waals surface area contributed by atoms with Crippen LogP contribution in [-0.2, 0) is 10.2 Å². The highest BCUT2D eigenvalue weighted by Gasteiger charge is 2.12. The van der Waals surface area contributed by atoms with Crippen molar-refractivity contribution in [2.45, 2.75) is 0 Å². The monoisotopic (exact) mass is 366 g/mol. The number of nitrogens with zero attached hydrogens (tertiary/aromatic N) is 2. The summed E-state index contributed by atoms with van der Waals surface area (Å²) in [6, 6.07) is 10.7. The Balaban J connectivity index is 1.77. The van der Waals surface area contributed by atoms with Gasteiger partial charge >= 0.3 is 10.2 Å². The first kappa shape index (κ1) is 18.8. The minimum absolute atomic E-state index is 0.397. The standard InChI is InChI=1S/C16H22N4O4S/c1-20(2)25(21,22)19-13-4-9-16(18-12-13)17-10-11-24-15-7-5-14(23-3)6-8-15/h4-9,12,19H,10-11H2,1-3H3,(H,17,18). The van der Waals surface area contributed by atoms with Gasteiger partial charge < -0.3 is 14.8 Å². The van der Waals surface area contributed by atoms with E-state index < -0.39 is 10.2 Å². The van der Waals surface area contributed by atoms with Gasteiger partial charge in [0.25, 0.3) is 0 Å². The Hall–Kier alpha value is -2.52. The van der Waals surface area contributed by atoms with Crippen molar-refractivity contribution in [3.05, 3.63) is 42.6 Å². The normalized spacial score (nSPS) is 11.2. The van der Waals surface area contributed by atoms with Crippen LogP contribution in [0.5, 0.6) is 11.5 Å². The lowest BCUT2D eigenvalue weighted by Crippen LogP contribution is -2.28. The van der Waals surface area contributed by atoms with Crippen LogP contribution in [0.4, 0.5) is 11.5 Å². The molecule has 25 heavy (non-hydrogen) atoms. The SMILES string of the molecule is COc1ccc(OCCNc2ccc(NS(=O)(=O)N(C)C)cn2)cc1. The van der Waals surface area contributed by atoms with Crippen LogP contribution in [0.3, 0.4) is 0 Å². The fourth-order valence-electron chi connectivity index (χ4n) is 1.82. The quantitative estimate of drug-likeness (QED) is 0.658. The van der Waals surface area contributed by atoms with Gasteiger partial charge in [-0.15, -0.1) is 0 Å². The van der Waals surface area contributed by atoms with Gasteiger partial charge in [-0.3, -0.25) is 4.72 Å². The first-order chi connectivity index (χ1) is 11.9. The maximum Gasteiger partial charge on any atom is 0.301 e. The van der Waals surface area contributed by atoms with Crippen LogP contribution in [0.25, 0.3) is 0 Å². The number of ether oxygens (including phenoxy) is 2. The molecule has 0 atom stereocenters. The number of pyridine rings is 1. The van der Waals surface area contributed by atoms with Gasteiger partial charge in [0.2, 0.25) is 0 Å². The number of benzene rings is 1. The van der Waals surface area contributed by atoms with E-state index in [-0.39, 0.29) is 0 Å². The first-order valence-corrected chi connectivity index (χ1v) is 9.02. The van der Waals surface area contributed by atoms with Gasteiger partial charge in [0, 0.05) is 14.1 Å². The summed E-state index contributed by atoms with van der Waals surface area (Å²) in [5.41, 5.74) is 0.397. The minimum atomic E-state index is -3.53. The Morgan fingerprint density at radius 1 is 1.08 bits per heavy atom. The summed E-state index contributed by atoms with van der Waals surface area (Å²) >= 11 is 0. The van der Waals surface area contributed by atoms with E-state index in [1.54, 1.807) is 19.2 Å². The number of rotatable bonds is 9. The summed E-state index contributed by atoms with van der Waals surface area (Å²) in [5.74, 6) is 2.16. The molecular weight excluding hydrogens is 344 g/mol. The third-order valence-corrected chi connectivity index (χ3v) is 4.68. The van der Waals surface area contributed by atoms with Crippen molar-refractivity contribution in [1.29, 1.82) is 0 Å². The number of methoxy groups -OCH3 is 1. The molecule has 1 aromatic heterocycles. The summed E-state index contributed by atoms with van der Waals surface area (Å²) in [7, 11) is 0.994. The minimum Gasteiger partial charge on any atom is -0.497 e. The fourth-order valence-corrected chi connectivity index (χ4v) is 2.42. The fraction of sp³-hybridized carbons (Fsp3) is 0.312. The molecule has 0 saturated heterocycles. The second-order valence-electron chi connectivity index (χ2n) is 5.27. The topological polar surface area (TPSA) is 92.8 Å². The predicted octanol–water partition coefficient (Wildman–Crippen LogP) is 1.80. The number of anilines is 2. The van der Waals surface area contributed by atoms with Crippen molar-refractivity contribution in [2.24, 2.45) is 0 Å². The smallest absolute Gasteiger partial charge is 0.301 e. The molecule has 2 aromatic rings. The molecule has 1 aromatic carbocycles. The maximum absolute atomic E-state index is 11.7. The molecule has 136 valence electrons. The van der Waals surface area contributed by atoms with E-state index >= 15 is 0 Å². The van der Waals surface area contributed by atoms with Crippen molar-refractivity contribution >= 4 is 21.7 Å². The molecule has 0 unspecified atom stereocenters. The number of nitrogens with one attached hydrogen (secondary N) is 2. The van der Waals surface area contributed by atoms with E-state index in [1.807, 2.05) is 24.3 Å². The van der Waals surface area contributed by atoms with Crippen LogP contribution in [0, 0.1) is 0 Å². The molecule has 8 nitrogen and oxygen atoms in total. The number of aromatic nitrogens is 1. The van der Waals surface area contributed by atoms with Crippen molar-refractivity contribution in [3.63, 3.8) is 0 Å². The van der Waals surface area contributed by atoms with Crippen LogP contribution in [-0.4, -0.2) is 52.1 Å². The first-order valence-electron chi connectivity index (χ1n) is 7.58. The molecule has 0 radical (unpaired) electrons. The van der Waals surface area contributed by atoms with Gasteiger partial charge in [-0.05, 0) is 36.4 Å². The van der Waals surface area contributed by atoms with Crippen LogP contribution in [0.15, 0.2) is 42.6 Å².